The molecule has 1 rings (SSSR count). The Labute approximate surface area is 87.3 Å². The first-order chi connectivity index (χ1) is 7.09. The van der Waals surface area contributed by atoms with Crippen molar-refractivity contribution in [2.24, 2.45) is 16.5 Å². The molecule has 0 bridgehead atoms. The number of carbonyl (C=O) groups excluding carboxylic acids is 2. The molecule has 0 spiro atoms. The van der Waals surface area contributed by atoms with E-state index < -0.39 is 6.04 Å². The van der Waals surface area contributed by atoms with Crippen LogP contribution in [0, 0.1) is 0 Å². The van der Waals surface area contributed by atoms with Gasteiger partial charge in [-0.2, -0.15) is 0 Å². The maximum atomic E-state index is 11.3. The molecule has 7 heteroatoms. The van der Waals surface area contributed by atoms with Gasteiger partial charge in [0.1, 0.15) is 6.04 Å². The Morgan fingerprint density at radius 1 is 1.47 bits per heavy atom. The Hall–Kier alpha value is -1.79. The van der Waals surface area contributed by atoms with Gasteiger partial charge in [-0.05, 0) is 12.8 Å². The lowest BCUT2D eigenvalue weighted by Crippen LogP contribution is -2.56. The van der Waals surface area contributed by atoms with E-state index in [4.69, 9.17) is 11.5 Å². The second-order valence-electron chi connectivity index (χ2n) is 3.29. The van der Waals surface area contributed by atoms with E-state index >= 15 is 0 Å². The Morgan fingerprint density at radius 2 is 2.20 bits per heavy atom. The lowest BCUT2D eigenvalue weighted by Gasteiger charge is -2.22. The third-order valence-electron chi connectivity index (χ3n) is 2.02. The van der Waals surface area contributed by atoms with Crippen LogP contribution in [0.3, 0.4) is 0 Å². The number of rotatable bonds is 4. The van der Waals surface area contributed by atoms with E-state index in [1.54, 1.807) is 0 Å². The normalized spacial score (nSPS) is 20.4. The van der Waals surface area contributed by atoms with Gasteiger partial charge in [0, 0.05) is 6.54 Å². The summed E-state index contributed by atoms with van der Waals surface area (Å²) in [6.07, 6.45) is 1.19. The molecule has 0 unspecified atom stereocenters. The maximum Gasteiger partial charge on any atom is 0.243 e. The third kappa shape index (κ3) is 3.84. The summed E-state index contributed by atoms with van der Waals surface area (Å²) in [5.74, 6) is -0.284. The SMILES string of the molecule is NC(N)=NCCC[C@@H]1NC(=O)CNC1=O. The average molecular weight is 213 g/mol. The molecule has 15 heavy (non-hydrogen) atoms. The molecule has 7 nitrogen and oxygen atoms in total. The highest BCUT2D eigenvalue weighted by molar-refractivity contribution is 5.94. The van der Waals surface area contributed by atoms with Crippen molar-refractivity contribution in [3.63, 3.8) is 0 Å². The summed E-state index contributed by atoms with van der Waals surface area (Å²) in [5, 5.41) is 5.09. The summed E-state index contributed by atoms with van der Waals surface area (Å²) in [7, 11) is 0. The molecule has 6 N–H and O–H groups in total. The molecule has 0 saturated carbocycles. The van der Waals surface area contributed by atoms with Crippen LogP contribution in [0.1, 0.15) is 12.8 Å². The molecule has 1 fully saturated rings. The first kappa shape index (κ1) is 11.3. The molecule has 84 valence electrons. The van der Waals surface area contributed by atoms with Gasteiger partial charge in [-0.25, -0.2) is 0 Å². The van der Waals surface area contributed by atoms with Crippen LogP contribution in [0.5, 0.6) is 0 Å². The van der Waals surface area contributed by atoms with Gasteiger partial charge in [-0.15, -0.1) is 0 Å². The standard InChI is InChI=1S/C8H15N5O2/c9-8(10)11-3-1-2-5-7(15)12-4-6(14)13-5/h5H,1-4H2,(H,12,15)(H,13,14)(H4,9,10,11)/t5-/m0/s1. The Kier molecular flexibility index (Phi) is 3.90. The van der Waals surface area contributed by atoms with Crippen LogP contribution >= 0.6 is 0 Å². The summed E-state index contributed by atoms with van der Waals surface area (Å²) < 4.78 is 0. The largest absolute Gasteiger partial charge is 0.370 e. The van der Waals surface area contributed by atoms with Crippen molar-refractivity contribution < 1.29 is 9.59 Å². The molecular weight excluding hydrogens is 198 g/mol. The van der Waals surface area contributed by atoms with Crippen molar-refractivity contribution in [1.82, 2.24) is 10.6 Å². The monoisotopic (exact) mass is 213 g/mol. The zero-order valence-corrected chi connectivity index (χ0v) is 8.32. The summed E-state index contributed by atoms with van der Waals surface area (Å²) in [6, 6.07) is -0.458. The predicted octanol–water partition coefficient (Wildman–Crippen LogP) is -2.35. The first-order valence-corrected chi connectivity index (χ1v) is 4.72. The van der Waals surface area contributed by atoms with Crippen LogP contribution in [-0.4, -0.2) is 36.9 Å². The number of nitrogens with one attached hydrogen (secondary N) is 2. The van der Waals surface area contributed by atoms with Crippen LogP contribution in [0.25, 0.3) is 0 Å². The van der Waals surface area contributed by atoms with Gasteiger partial charge in [0.15, 0.2) is 5.96 Å². The van der Waals surface area contributed by atoms with Gasteiger partial charge in [0.25, 0.3) is 0 Å². The van der Waals surface area contributed by atoms with Crippen LogP contribution in [0.15, 0.2) is 4.99 Å². The van der Waals surface area contributed by atoms with E-state index in [-0.39, 0.29) is 24.3 Å². The highest BCUT2D eigenvalue weighted by Crippen LogP contribution is 2.00. The zero-order valence-electron chi connectivity index (χ0n) is 8.32. The van der Waals surface area contributed by atoms with Crippen molar-refractivity contribution in [3.8, 4) is 0 Å². The van der Waals surface area contributed by atoms with E-state index in [0.717, 1.165) is 0 Å². The van der Waals surface area contributed by atoms with Crippen molar-refractivity contribution in [2.75, 3.05) is 13.1 Å². The van der Waals surface area contributed by atoms with E-state index in [2.05, 4.69) is 15.6 Å². The van der Waals surface area contributed by atoms with E-state index in [9.17, 15) is 9.59 Å². The number of nitrogens with zero attached hydrogens (tertiary/aromatic N) is 1. The van der Waals surface area contributed by atoms with E-state index in [0.29, 0.717) is 19.4 Å². The van der Waals surface area contributed by atoms with Crippen LogP contribution < -0.4 is 22.1 Å². The van der Waals surface area contributed by atoms with Gasteiger partial charge in [-0.1, -0.05) is 0 Å². The molecule has 0 aromatic heterocycles. The fourth-order valence-corrected chi connectivity index (χ4v) is 1.31. The smallest absolute Gasteiger partial charge is 0.243 e. The van der Waals surface area contributed by atoms with Crippen molar-refractivity contribution >= 4 is 17.8 Å². The molecule has 0 aromatic rings. The molecule has 0 aromatic carbocycles. The maximum absolute atomic E-state index is 11.3. The first-order valence-electron chi connectivity index (χ1n) is 4.72. The molecule has 1 saturated heterocycles. The van der Waals surface area contributed by atoms with Crippen LogP contribution in [0.4, 0.5) is 0 Å². The zero-order chi connectivity index (χ0) is 11.3. The van der Waals surface area contributed by atoms with E-state index in [1.165, 1.54) is 0 Å². The summed E-state index contributed by atoms with van der Waals surface area (Å²) in [4.78, 5) is 26.0. The molecule has 0 radical (unpaired) electrons. The van der Waals surface area contributed by atoms with Crippen molar-refractivity contribution in [3.05, 3.63) is 0 Å². The second-order valence-corrected chi connectivity index (χ2v) is 3.29. The Bertz CT molecular complexity index is 285. The number of piperazine rings is 1. The van der Waals surface area contributed by atoms with Crippen molar-refractivity contribution in [1.29, 1.82) is 0 Å². The summed E-state index contributed by atoms with van der Waals surface area (Å²) >= 11 is 0. The quantitative estimate of drug-likeness (QED) is 0.237. The van der Waals surface area contributed by atoms with Gasteiger partial charge < -0.3 is 22.1 Å². The molecule has 1 atom stereocenters. The number of guanidine groups is 1. The lowest BCUT2D eigenvalue weighted by atomic mass is 10.1. The second kappa shape index (κ2) is 5.18. The van der Waals surface area contributed by atoms with Crippen LogP contribution in [0.2, 0.25) is 0 Å². The minimum Gasteiger partial charge on any atom is -0.370 e. The minimum atomic E-state index is -0.458. The van der Waals surface area contributed by atoms with Gasteiger partial charge >= 0.3 is 0 Å². The highest BCUT2D eigenvalue weighted by atomic mass is 16.2. The molecule has 1 aliphatic heterocycles. The topological polar surface area (TPSA) is 123 Å². The number of hydrogen-bond donors (Lipinski definition) is 4. The molecule has 2 amide bonds. The van der Waals surface area contributed by atoms with Crippen molar-refractivity contribution in [2.45, 2.75) is 18.9 Å². The molecule has 0 aliphatic carbocycles. The van der Waals surface area contributed by atoms with Gasteiger partial charge in [0.05, 0.1) is 6.54 Å². The number of hydrogen-bond acceptors (Lipinski definition) is 3. The predicted molar refractivity (Wildman–Crippen MR) is 54.9 cm³/mol. The number of aliphatic imine (C=N–C) groups is 1. The van der Waals surface area contributed by atoms with Crippen LogP contribution in [-0.2, 0) is 9.59 Å². The van der Waals surface area contributed by atoms with Gasteiger partial charge in [-0.3, -0.25) is 14.6 Å². The lowest BCUT2D eigenvalue weighted by molar-refractivity contribution is -0.133. The number of nitrogens with two attached hydrogens (primary N) is 2. The average Bonchev–Trinajstić information content (AvgIpc) is 2.17. The third-order valence-corrected chi connectivity index (χ3v) is 2.02. The van der Waals surface area contributed by atoms with Gasteiger partial charge in [0.2, 0.25) is 11.8 Å². The summed E-state index contributed by atoms with van der Waals surface area (Å²) in [6.45, 7) is 0.519. The summed E-state index contributed by atoms with van der Waals surface area (Å²) in [5.41, 5.74) is 10.3. The minimum absolute atomic E-state index is 0.0344. The molecule has 1 aliphatic rings. The number of amides is 2. The highest BCUT2D eigenvalue weighted by Gasteiger charge is 2.24. The fourth-order valence-electron chi connectivity index (χ4n) is 1.31. The Balaban J connectivity index is 2.27. The fraction of sp³-hybridized carbons (Fsp3) is 0.625. The molecular formula is C8H15N5O2. The number of carbonyl (C=O) groups is 2. The van der Waals surface area contributed by atoms with E-state index in [1.807, 2.05) is 0 Å². The Morgan fingerprint density at radius 3 is 2.87 bits per heavy atom. The molecule has 1 heterocycles.